The van der Waals surface area contributed by atoms with Crippen LogP contribution in [-0.4, -0.2) is 35.8 Å². The first-order chi connectivity index (χ1) is 10.9. The van der Waals surface area contributed by atoms with Gasteiger partial charge in [-0.2, -0.15) is 18.3 Å². The maximum absolute atomic E-state index is 13.0. The Balaban J connectivity index is 2.43. The zero-order valence-corrected chi connectivity index (χ0v) is 13.4. The highest BCUT2D eigenvalue weighted by Gasteiger charge is 2.31. The van der Waals surface area contributed by atoms with Crippen LogP contribution in [0, 0.1) is 0 Å². The van der Waals surface area contributed by atoms with Crippen LogP contribution >= 0.6 is 0 Å². The fourth-order valence-electron chi connectivity index (χ4n) is 2.49. The van der Waals surface area contributed by atoms with Crippen LogP contribution in [0.5, 0.6) is 5.75 Å². The van der Waals surface area contributed by atoms with Gasteiger partial charge in [-0.05, 0) is 38.2 Å². The lowest BCUT2D eigenvalue weighted by atomic mass is 10.0. The molecule has 0 fully saturated rings. The molecule has 0 aliphatic carbocycles. The SMILES string of the molecule is CCCN(C)Cc1c[nH]nc1-c1cc(C(F)(F)F)ccc1OC. The van der Waals surface area contributed by atoms with Crippen LogP contribution in [0.1, 0.15) is 24.5 Å². The summed E-state index contributed by atoms with van der Waals surface area (Å²) < 4.78 is 44.1. The Morgan fingerprint density at radius 2 is 2.04 bits per heavy atom. The predicted octanol–water partition coefficient (Wildman–Crippen LogP) is 3.95. The molecule has 1 heterocycles. The summed E-state index contributed by atoms with van der Waals surface area (Å²) in [4.78, 5) is 2.09. The van der Waals surface area contributed by atoms with E-state index in [9.17, 15) is 13.2 Å². The second-order valence-corrected chi connectivity index (χ2v) is 5.41. The van der Waals surface area contributed by atoms with E-state index >= 15 is 0 Å². The first-order valence-corrected chi connectivity index (χ1v) is 7.33. The smallest absolute Gasteiger partial charge is 0.416 e. The lowest BCUT2D eigenvalue weighted by Crippen LogP contribution is -2.18. The first-order valence-electron chi connectivity index (χ1n) is 7.33. The van der Waals surface area contributed by atoms with Gasteiger partial charge in [0.15, 0.2) is 0 Å². The summed E-state index contributed by atoms with van der Waals surface area (Å²) in [6.45, 7) is 3.56. The van der Waals surface area contributed by atoms with E-state index in [-0.39, 0.29) is 0 Å². The maximum Gasteiger partial charge on any atom is 0.416 e. The van der Waals surface area contributed by atoms with Crippen LogP contribution in [0.2, 0.25) is 0 Å². The maximum atomic E-state index is 13.0. The van der Waals surface area contributed by atoms with E-state index in [0.29, 0.717) is 23.6 Å². The van der Waals surface area contributed by atoms with Crippen molar-refractivity contribution < 1.29 is 17.9 Å². The van der Waals surface area contributed by atoms with E-state index in [1.807, 2.05) is 7.05 Å². The number of methoxy groups -OCH3 is 1. The fraction of sp³-hybridized carbons (Fsp3) is 0.438. The molecule has 1 aromatic carbocycles. The number of ether oxygens (including phenoxy) is 1. The van der Waals surface area contributed by atoms with Crippen molar-refractivity contribution in [1.29, 1.82) is 0 Å². The predicted molar refractivity (Wildman–Crippen MR) is 82.2 cm³/mol. The molecule has 0 bridgehead atoms. The van der Waals surface area contributed by atoms with Crippen molar-refractivity contribution in [3.8, 4) is 17.0 Å². The van der Waals surface area contributed by atoms with Crippen molar-refractivity contribution in [1.82, 2.24) is 15.1 Å². The summed E-state index contributed by atoms with van der Waals surface area (Å²) >= 11 is 0. The van der Waals surface area contributed by atoms with E-state index in [2.05, 4.69) is 22.0 Å². The Kier molecular flexibility index (Phi) is 5.30. The second kappa shape index (κ2) is 7.04. The van der Waals surface area contributed by atoms with Crippen LogP contribution in [0.3, 0.4) is 0 Å². The quantitative estimate of drug-likeness (QED) is 0.873. The van der Waals surface area contributed by atoms with Crippen LogP contribution < -0.4 is 4.74 Å². The van der Waals surface area contributed by atoms with Crippen molar-refractivity contribution in [2.45, 2.75) is 26.1 Å². The van der Waals surface area contributed by atoms with E-state index in [4.69, 9.17) is 4.74 Å². The number of nitrogens with zero attached hydrogens (tertiary/aromatic N) is 2. The number of H-pyrrole nitrogens is 1. The summed E-state index contributed by atoms with van der Waals surface area (Å²) in [7, 11) is 3.39. The molecule has 1 N–H and O–H groups in total. The number of aromatic amines is 1. The van der Waals surface area contributed by atoms with Gasteiger partial charge in [-0.15, -0.1) is 0 Å². The molecule has 0 amide bonds. The lowest BCUT2D eigenvalue weighted by molar-refractivity contribution is -0.137. The molecule has 126 valence electrons. The van der Waals surface area contributed by atoms with E-state index in [1.165, 1.54) is 13.2 Å². The molecule has 2 rings (SSSR count). The number of aromatic nitrogens is 2. The van der Waals surface area contributed by atoms with Gasteiger partial charge in [-0.25, -0.2) is 0 Å². The minimum Gasteiger partial charge on any atom is -0.496 e. The largest absolute Gasteiger partial charge is 0.496 e. The molecule has 0 unspecified atom stereocenters. The van der Waals surface area contributed by atoms with E-state index in [1.54, 1.807) is 6.20 Å². The Morgan fingerprint density at radius 1 is 1.30 bits per heavy atom. The van der Waals surface area contributed by atoms with Gasteiger partial charge in [0, 0.05) is 23.9 Å². The van der Waals surface area contributed by atoms with Gasteiger partial charge in [0.05, 0.1) is 12.7 Å². The minimum absolute atomic E-state index is 0.337. The fourth-order valence-corrected chi connectivity index (χ4v) is 2.49. The summed E-state index contributed by atoms with van der Waals surface area (Å²) in [5.41, 5.74) is 0.933. The molecular weight excluding hydrogens is 307 g/mol. The third-order valence-electron chi connectivity index (χ3n) is 3.55. The molecule has 0 spiro atoms. The first kappa shape index (κ1) is 17.3. The van der Waals surface area contributed by atoms with Crippen LogP contribution in [0.4, 0.5) is 13.2 Å². The molecule has 1 aromatic heterocycles. The van der Waals surface area contributed by atoms with Crippen molar-refractivity contribution in [3.63, 3.8) is 0 Å². The van der Waals surface area contributed by atoms with Gasteiger partial charge < -0.3 is 9.64 Å². The van der Waals surface area contributed by atoms with Crippen molar-refractivity contribution in [2.24, 2.45) is 0 Å². The number of alkyl halides is 3. The summed E-state index contributed by atoms with van der Waals surface area (Å²) in [5.74, 6) is 0.365. The topological polar surface area (TPSA) is 41.2 Å². The molecule has 0 radical (unpaired) electrons. The number of hydrogen-bond acceptors (Lipinski definition) is 3. The Hall–Kier alpha value is -2.02. The lowest BCUT2D eigenvalue weighted by Gasteiger charge is -2.16. The van der Waals surface area contributed by atoms with Crippen LogP contribution in [-0.2, 0) is 12.7 Å². The molecule has 23 heavy (non-hydrogen) atoms. The van der Waals surface area contributed by atoms with Crippen LogP contribution in [0.15, 0.2) is 24.4 Å². The highest BCUT2D eigenvalue weighted by molar-refractivity contribution is 5.70. The summed E-state index contributed by atoms with van der Waals surface area (Å²) in [6.07, 6.45) is -1.70. The highest BCUT2D eigenvalue weighted by atomic mass is 19.4. The van der Waals surface area contributed by atoms with Crippen molar-refractivity contribution in [2.75, 3.05) is 20.7 Å². The third kappa shape index (κ3) is 4.04. The summed E-state index contributed by atoms with van der Waals surface area (Å²) in [6, 6.07) is 3.42. The molecule has 2 aromatic rings. The molecule has 0 saturated heterocycles. The van der Waals surface area contributed by atoms with Crippen LogP contribution in [0.25, 0.3) is 11.3 Å². The molecule has 4 nitrogen and oxygen atoms in total. The number of halogens is 3. The molecule has 0 aliphatic rings. The zero-order chi connectivity index (χ0) is 17.0. The Bertz CT molecular complexity index is 652. The molecular formula is C16H20F3N3O. The van der Waals surface area contributed by atoms with Gasteiger partial charge in [0.25, 0.3) is 0 Å². The third-order valence-corrected chi connectivity index (χ3v) is 3.55. The number of benzene rings is 1. The molecule has 0 aliphatic heterocycles. The monoisotopic (exact) mass is 327 g/mol. The van der Waals surface area contributed by atoms with E-state index in [0.717, 1.165) is 30.7 Å². The van der Waals surface area contributed by atoms with Gasteiger partial charge in [0.1, 0.15) is 11.4 Å². The number of rotatable bonds is 6. The van der Waals surface area contributed by atoms with Gasteiger partial charge >= 0.3 is 6.18 Å². The molecule has 7 heteroatoms. The normalized spacial score (nSPS) is 12.0. The average Bonchev–Trinajstić information content (AvgIpc) is 2.93. The zero-order valence-electron chi connectivity index (χ0n) is 13.4. The van der Waals surface area contributed by atoms with Crippen molar-refractivity contribution in [3.05, 3.63) is 35.5 Å². The minimum atomic E-state index is -4.41. The summed E-state index contributed by atoms with van der Waals surface area (Å²) in [5, 5.41) is 6.87. The number of nitrogens with one attached hydrogen (secondary N) is 1. The molecule has 0 atom stereocenters. The second-order valence-electron chi connectivity index (χ2n) is 5.41. The van der Waals surface area contributed by atoms with Gasteiger partial charge in [-0.1, -0.05) is 6.92 Å². The Labute approximate surface area is 133 Å². The average molecular weight is 327 g/mol. The molecule has 0 saturated carbocycles. The van der Waals surface area contributed by atoms with Gasteiger partial charge in [-0.3, -0.25) is 5.10 Å². The van der Waals surface area contributed by atoms with Gasteiger partial charge in [0.2, 0.25) is 0 Å². The van der Waals surface area contributed by atoms with E-state index < -0.39 is 11.7 Å². The Morgan fingerprint density at radius 3 is 2.65 bits per heavy atom. The highest BCUT2D eigenvalue weighted by Crippen LogP contribution is 2.37. The number of hydrogen-bond donors (Lipinski definition) is 1. The van der Waals surface area contributed by atoms with Crippen molar-refractivity contribution >= 4 is 0 Å². The standard InChI is InChI=1S/C16H20F3N3O/c1-4-7-22(2)10-11-9-20-21-15(11)13-8-12(16(17,18)19)5-6-14(13)23-3/h5-6,8-9H,4,7,10H2,1-3H3,(H,20,21).